The molecule has 1 N–H and O–H groups in total. The molecule has 6 nitrogen and oxygen atoms in total. The summed E-state index contributed by atoms with van der Waals surface area (Å²) in [6, 6.07) is 18.7. The highest BCUT2D eigenvalue weighted by molar-refractivity contribution is 6.34. The molecule has 3 aromatic carbocycles. The average molecular weight is 449 g/mol. The number of aryl methyl sites for hydroxylation is 1. The Bertz CT molecular complexity index is 1230. The quantitative estimate of drug-likeness (QED) is 0.355. The van der Waals surface area contributed by atoms with E-state index in [2.05, 4.69) is 34.6 Å². The molecular weight excluding hydrogens is 424 g/mol. The number of nitrogens with one attached hydrogen (secondary N) is 1. The van der Waals surface area contributed by atoms with Crippen LogP contribution in [0, 0.1) is 0 Å². The van der Waals surface area contributed by atoms with Crippen LogP contribution in [0.4, 0.5) is 5.69 Å². The summed E-state index contributed by atoms with van der Waals surface area (Å²) in [5, 5.41) is 12.4. The molecule has 7 heteroatoms. The van der Waals surface area contributed by atoms with Crippen molar-refractivity contribution in [1.82, 2.24) is 15.0 Å². The molecule has 164 valence electrons. The summed E-state index contributed by atoms with van der Waals surface area (Å²) in [5.41, 5.74) is 4.43. The van der Waals surface area contributed by atoms with Crippen LogP contribution < -0.4 is 10.1 Å². The van der Waals surface area contributed by atoms with Crippen LogP contribution in [0.15, 0.2) is 60.7 Å². The van der Waals surface area contributed by atoms with Crippen molar-refractivity contribution in [2.24, 2.45) is 0 Å². The zero-order valence-corrected chi connectivity index (χ0v) is 18.9. The molecule has 0 aliphatic heterocycles. The number of nitrogens with zero attached hydrogens (tertiary/aromatic N) is 3. The van der Waals surface area contributed by atoms with Crippen molar-refractivity contribution >= 4 is 34.2 Å². The van der Waals surface area contributed by atoms with E-state index in [1.165, 1.54) is 18.4 Å². The Hall–Kier alpha value is -3.38. The fraction of sp³-hybridized carbons (Fsp3) is 0.240. The highest BCUT2D eigenvalue weighted by Crippen LogP contribution is 2.28. The van der Waals surface area contributed by atoms with E-state index in [4.69, 9.17) is 16.3 Å². The van der Waals surface area contributed by atoms with Gasteiger partial charge in [-0.15, -0.1) is 10.2 Å². The van der Waals surface area contributed by atoms with Gasteiger partial charge in [-0.25, -0.2) is 0 Å². The molecule has 0 fully saturated rings. The number of unbranched alkanes of at least 4 members (excludes halogenated alkanes) is 1. The lowest BCUT2D eigenvalue weighted by molar-refractivity contribution is 0.102. The number of aromatic nitrogens is 3. The van der Waals surface area contributed by atoms with Gasteiger partial charge in [0.05, 0.1) is 23.0 Å². The molecule has 0 bridgehead atoms. The predicted octanol–water partition coefficient (Wildman–Crippen LogP) is 6.07. The minimum atomic E-state index is -0.275. The maximum Gasteiger partial charge on any atom is 0.255 e. The lowest BCUT2D eigenvalue weighted by atomic mass is 10.1. The van der Waals surface area contributed by atoms with Crippen LogP contribution >= 0.6 is 11.6 Å². The van der Waals surface area contributed by atoms with E-state index < -0.39 is 0 Å². The summed E-state index contributed by atoms with van der Waals surface area (Å²) < 4.78 is 5.47. The zero-order valence-electron chi connectivity index (χ0n) is 18.1. The third kappa shape index (κ3) is 4.92. The molecule has 0 atom stereocenters. The van der Waals surface area contributed by atoms with Gasteiger partial charge in [0.2, 0.25) is 0 Å². The molecule has 4 aromatic rings. The van der Waals surface area contributed by atoms with E-state index in [1.807, 2.05) is 25.1 Å². The van der Waals surface area contributed by atoms with Crippen molar-refractivity contribution in [2.75, 3.05) is 11.9 Å². The Balaban J connectivity index is 1.56. The maximum absolute atomic E-state index is 12.7. The van der Waals surface area contributed by atoms with Crippen LogP contribution in [-0.4, -0.2) is 27.5 Å². The van der Waals surface area contributed by atoms with Gasteiger partial charge < -0.3 is 10.1 Å². The first-order valence-corrected chi connectivity index (χ1v) is 11.1. The third-order valence-corrected chi connectivity index (χ3v) is 5.42. The van der Waals surface area contributed by atoms with Crippen molar-refractivity contribution in [3.05, 3.63) is 76.8 Å². The van der Waals surface area contributed by atoms with Gasteiger partial charge in [0.1, 0.15) is 16.8 Å². The van der Waals surface area contributed by atoms with E-state index in [0.717, 1.165) is 12.1 Å². The number of hydrogen-bond acceptors (Lipinski definition) is 4. The van der Waals surface area contributed by atoms with Crippen LogP contribution in [0.3, 0.4) is 0 Å². The highest BCUT2D eigenvalue weighted by atomic mass is 35.5. The van der Waals surface area contributed by atoms with Gasteiger partial charge >= 0.3 is 0 Å². The van der Waals surface area contributed by atoms with Gasteiger partial charge in [0.25, 0.3) is 5.91 Å². The minimum absolute atomic E-state index is 0.275. The van der Waals surface area contributed by atoms with Gasteiger partial charge in [-0.3, -0.25) is 4.79 Å². The smallest absolute Gasteiger partial charge is 0.255 e. The summed E-state index contributed by atoms with van der Waals surface area (Å²) in [7, 11) is 0. The fourth-order valence-corrected chi connectivity index (χ4v) is 3.62. The molecule has 0 saturated carbocycles. The average Bonchev–Trinajstić information content (AvgIpc) is 3.21. The van der Waals surface area contributed by atoms with E-state index in [-0.39, 0.29) is 5.91 Å². The van der Waals surface area contributed by atoms with Crippen LogP contribution in [0.1, 0.15) is 42.6 Å². The third-order valence-electron chi connectivity index (χ3n) is 5.11. The first-order chi connectivity index (χ1) is 15.6. The summed E-state index contributed by atoms with van der Waals surface area (Å²) in [6.07, 6.45) is 3.41. The monoisotopic (exact) mass is 448 g/mol. The zero-order chi connectivity index (χ0) is 22.5. The summed E-state index contributed by atoms with van der Waals surface area (Å²) in [4.78, 5) is 14.3. The van der Waals surface area contributed by atoms with Crippen LogP contribution in [0.5, 0.6) is 5.75 Å². The van der Waals surface area contributed by atoms with Crippen molar-refractivity contribution in [3.63, 3.8) is 0 Å². The molecule has 0 aliphatic carbocycles. The number of halogens is 1. The number of benzene rings is 3. The van der Waals surface area contributed by atoms with Crippen molar-refractivity contribution in [1.29, 1.82) is 0 Å². The number of carbonyl (C=O) groups excluding carboxylic acids is 1. The van der Waals surface area contributed by atoms with Gasteiger partial charge in [-0.1, -0.05) is 43.1 Å². The first kappa shape index (κ1) is 21.8. The molecule has 0 radical (unpaired) electrons. The van der Waals surface area contributed by atoms with E-state index in [9.17, 15) is 4.79 Å². The number of anilines is 1. The molecule has 0 saturated heterocycles. The van der Waals surface area contributed by atoms with Crippen molar-refractivity contribution < 1.29 is 9.53 Å². The molecule has 0 unspecified atom stereocenters. The molecular formula is C25H25ClN4O2. The predicted molar refractivity (Wildman–Crippen MR) is 128 cm³/mol. The van der Waals surface area contributed by atoms with E-state index >= 15 is 0 Å². The Labute approximate surface area is 192 Å². The molecule has 0 spiro atoms. The molecule has 0 aliphatic rings. The Morgan fingerprint density at radius 2 is 1.78 bits per heavy atom. The van der Waals surface area contributed by atoms with Crippen LogP contribution in [-0.2, 0) is 6.42 Å². The SMILES string of the molecule is CCCCc1ccc(-n2nc3cc(Cl)c(NC(=O)c4cccc(OCC)c4)cc3n2)cc1. The number of rotatable bonds is 8. The molecule has 1 amide bonds. The molecule has 1 heterocycles. The van der Waals surface area contributed by atoms with Crippen molar-refractivity contribution in [3.8, 4) is 11.4 Å². The Morgan fingerprint density at radius 3 is 2.50 bits per heavy atom. The summed E-state index contributed by atoms with van der Waals surface area (Å²) >= 11 is 6.42. The molecule has 32 heavy (non-hydrogen) atoms. The largest absolute Gasteiger partial charge is 0.494 e. The minimum Gasteiger partial charge on any atom is -0.494 e. The number of ether oxygens (including phenoxy) is 1. The van der Waals surface area contributed by atoms with Gasteiger partial charge in [0.15, 0.2) is 0 Å². The van der Waals surface area contributed by atoms with Crippen molar-refractivity contribution in [2.45, 2.75) is 33.1 Å². The van der Waals surface area contributed by atoms with Gasteiger partial charge in [0, 0.05) is 5.56 Å². The van der Waals surface area contributed by atoms with Crippen LogP contribution in [0.2, 0.25) is 5.02 Å². The number of hydrogen-bond donors (Lipinski definition) is 1. The summed E-state index contributed by atoms with van der Waals surface area (Å²) in [5.74, 6) is 0.369. The molecule has 1 aromatic heterocycles. The van der Waals surface area contributed by atoms with E-state index in [0.29, 0.717) is 39.7 Å². The van der Waals surface area contributed by atoms with E-state index in [1.54, 1.807) is 35.1 Å². The lowest BCUT2D eigenvalue weighted by Crippen LogP contribution is -2.12. The highest BCUT2D eigenvalue weighted by Gasteiger charge is 2.13. The maximum atomic E-state index is 12.7. The normalized spacial score (nSPS) is 11.0. The Kier molecular flexibility index (Phi) is 6.71. The number of carbonyl (C=O) groups is 1. The number of fused-ring (bicyclic) bond motifs is 1. The second-order valence-corrected chi connectivity index (χ2v) is 7.90. The standard InChI is InChI=1S/C25H25ClN4O2/c1-3-5-7-17-10-12-19(13-11-17)30-28-23-15-21(26)22(16-24(23)29-30)27-25(31)18-8-6-9-20(14-18)32-4-2/h6,8-16H,3-5,7H2,1-2H3,(H,27,31). The van der Waals surface area contributed by atoms with Gasteiger partial charge in [-0.2, -0.15) is 4.80 Å². The Morgan fingerprint density at radius 1 is 1.03 bits per heavy atom. The van der Waals surface area contributed by atoms with Gasteiger partial charge in [-0.05, 0) is 67.8 Å². The lowest BCUT2D eigenvalue weighted by Gasteiger charge is -2.08. The fourth-order valence-electron chi connectivity index (χ4n) is 3.41. The second kappa shape index (κ2) is 9.83. The first-order valence-electron chi connectivity index (χ1n) is 10.8. The topological polar surface area (TPSA) is 69.0 Å². The molecule has 4 rings (SSSR count). The number of amides is 1. The second-order valence-electron chi connectivity index (χ2n) is 7.50. The van der Waals surface area contributed by atoms with Crippen LogP contribution in [0.25, 0.3) is 16.7 Å². The summed E-state index contributed by atoms with van der Waals surface area (Å²) in [6.45, 7) is 4.62.